The number of nitrogen functional groups attached to an aromatic ring is 1. The Kier molecular flexibility index (Phi) is 3.12. The minimum absolute atomic E-state index is 0.126. The molecule has 20 heavy (non-hydrogen) atoms. The second-order valence-corrected chi connectivity index (χ2v) is 4.61. The Balaban J connectivity index is 1.66. The molecule has 0 spiro atoms. The van der Waals surface area contributed by atoms with Gasteiger partial charge in [0.25, 0.3) is 5.91 Å². The van der Waals surface area contributed by atoms with Gasteiger partial charge in [-0.25, -0.2) is 4.98 Å². The van der Waals surface area contributed by atoms with E-state index in [9.17, 15) is 4.79 Å². The highest BCUT2D eigenvalue weighted by Gasteiger charge is 2.09. The molecule has 0 bridgehead atoms. The summed E-state index contributed by atoms with van der Waals surface area (Å²) in [6.45, 7) is 0.554. The van der Waals surface area contributed by atoms with E-state index in [4.69, 9.17) is 5.73 Å². The number of carbonyl (C=O) groups is 1. The number of aromatic amines is 2. The number of anilines is 1. The van der Waals surface area contributed by atoms with Gasteiger partial charge in [0.2, 0.25) is 0 Å². The standard InChI is InChI=1S/C14H15N5O/c15-10-1-2-12-9(5-10)6-13(19-12)14(20)17-4-3-11-7-16-8-18-11/h1-2,5-8,19H,3-4,15H2,(H,16,18)(H,17,20). The van der Waals surface area contributed by atoms with Crippen LogP contribution in [0.15, 0.2) is 36.8 Å². The molecule has 6 heteroatoms. The molecule has 5 N–H and O–H groups in total. The highest BCUT2D eigenvalue weighted by Crippen LogP contribution is 2.18. The average Bonchev–Trinajstić information content (AvgIpc) is 3.06. The Morgan fingerprint density at radius 3 is 3.05 bits per heavy atom. The van der Waals surface area contributed by atoms with Crippen molar-refractivity contribution in [2.24, 2.45) is 0 Å². The molecule has 3 aromatic rings. The van der Waals surface area contributed by atoms with Gasteiger partial charge < -0.3 is 21.0 Å². The maximum atomic E-state index is 12.0. The Hall–Kier alpha value is -2.76. The Morgan fingerprint density at radius 1 is 1.35 bits per heavy atom. The number of carbonyl (C=O) groups excluding carboxylic acids is 1. The van der Waals surface area contributed by atoms with Crippen molar-refractivity contribution in [2.75, 3.05) is 12.3 Å². The minimum Gasteiger partial charge on any atom is -0.399 e. The fourth-order valence-corrected chi connectivity index (χ4v) is 2.10. The quantitative estimate of drug-likeness (QED) is 0.539. The zero-order valence-corrected chi connectivity index (χ0v) is 10.8. The smallest absolute Gasteiger partial charge is 0.267 e. The normalized spacial score (nSPS) is 10.8. The number of hydrogen-bond donors (Lipinski definition) is 4. The summed E-state index contributed by atoms with van der Waals surface area (Å²) in [7, 11) is 0. The van der Waals surface area contributed by atoms with Crippen molar-refractivity contribution >= 4 is 22.5 Å². The van der Waals surface area contributed by atoms with Crippen LogP contribution in [-0.4, -0.2) is 27.4 Å². The molecule has 0 saturated carbocycles. The number of nitrogens with two attached hydrogens (primary N) is 1. The summed E-state index contributed by atoms with van der Waals surface area (Å²) in [5.41, 5.74) is 8.84. The third kappa shape index (κ3) is 2.49. The number of rotatable bonds is 4. The second kappa shape index (κ2) is 5.08. The van der Waals surface area contributed by atoms with Crippen molar-refractivity contribution < 1.29 is 4.79 Å². The molecule has 0 aliphatic rings. The van der Waals surface area contributed by atoms with Gasteiger partial charge in [0, 0.05) is 41.4 Å². The van der Waals surface area contributed by atoms with E-state index in [1.54, 1.807) is 24.7 Å². The van der Waals surface area contributed by atoms with E-state index in [1.807, 2.05) is 12.1 Å². The van der Waals surface area contributed by atoms with E-state index < -0.39 is 0 Å². The lowest BCUT2D eigenvalue weighted by Crippen LogP contribution is -2.26. The third-order valence-electron chi connectivity index (χ3n) is 3.12. The van der Waals surface area contributed by atoms with Gasteiger partial charge in [-0.05, 0) is 24.3 Å². The molecule has 0 fully saturated rings. The molecule has 1 aromatic carbocycles. The maximum absolute atomic E-state index is 12.0. The van der Waals surface area contributed by atoms with Crippen molar-refractivity contribution in [3.8, 4) is 0 Å². The molecule has 102 valence electrons. The van der Waals surface area contributed by atoms with Crippen LogP contribution in [0.3, 0.4) is 0 Å². The SMILES string of the molecule is Nc1ccc2[nH]c(C(=O)NCCc3cnc[nH]3)cc2c1. The molecule has 0 atom stereocenters. The van der Waals surface area contributed by atoms with Crippen LogP contribution in [0.25, 0.3) is 10.9 Å². The lowest BCUT2D eigenvalue weighted by atomic mass is 10.2. The molecule has 3 rings (SSSR count). The highest BCUT2D eigenvalue weighted by atomic mass is 16.1. The van der Waals surface area contributed by atoms with E-state index >= 15 is 0 Å². The first-order chi connectivity index (χ1) is 9.72. The molecule has 0 radical (unpaired) electrons. The van der Waals surface area contributed by atoms with Crippen molar-refractivity contribution in [1.82, 2.24) is 20.3 Å². The molecule has 1 amide bonds. The molecule has 2 aromatic heterocycles. The highest BCUT2D eigenvalue weighted by molar-refractivity contribution is 5.98. The minimum atomic E-state index is -0.126. The molecule has 0 saturated heterocycles. The molecule has 2 heterocycles. The monoisotopic (exact) mass is 269 g/mol. The predicted molar refractivity (Wildman–Crippen MR) is 77.3 cm³/mol. The van der Waals surface area contributed by atoms with Crippen molar-refractivity contribution in [3.05, 3.63) is 48.2 Å². The first-order valence-electron chi connectivity index (χ1n) is 6.36. The topological polar surface area (TPSA) is 99.6 Å². The van der Waals surface area contributed by atoms with Crippen LogP contribution in [0.1, 0.15) is 16.2 Å². The number of nitrogens with one attached hydrogen (secondary N) is 3. The van der Waals surface area contributed by atoms with E-state index in [2.05, 4.69) is 20.3 Å². The number of amides is 1. The summed E-state index contributed by atoms with van der Waals surface area (Å²) < 4.78 is 0. The fraction of sp³-hybridized carbons (Fsp3) is 0.143. The number of aromatic nitrogens is 3. The van der Waals surface area contributed by atoms with Crippen molar-refractivity contribution in [2.45, 2.75) is 6.42 Å². The van der Waals surface area contributed by atoms with Gasteiger partial charge in [-0.15, -0.1) is 0 Å². The van der Waals surface area contributed by atoms with E-state index in [0.29, 0.717) is 17.9 Å². The number of hydrogen-bond acceptors (Lipinski definition) is 3. The first kappa shape index (κ1) is 12.3. The Labute approximate surface area is 115 Å². The number of H-pyrrole nitrogens is 2. The third-order valence-corrected chi connectivity index (χ3v) is 3.12. The van der Waals surface area contributed by atoms with Crippen LogP contribution >= 0.6 is 0 Å². The Bertz CT molecular complexity index is 729. The molecule has 0 aliphatic heterocycles. The predicted octanol–water partition coefficient (Wildman–Crippen LogP) is 1.45. The number of imidazole rings is 1. The van der Waals surface area contributed by atoms with Gasteiger partial charge in [-0.2, -0.15) is 0 Å². The summed E-state index contributed by atoms with van der Waals surface area (Å²) in [5, 5.41) is 3.80. The van der Waals surface area contributed by atoms with Crippen LogP contribution in [0.4, 0.5) is 5.69 Å². The van der Waals surface area contributed by atoms with Gasteiger partial charge in [0.1, 0.15) is 5.69 Å². The van der Waals surface area contributed by atoms with Gasteiger partial charge in [0.15, 0.2) is 0 Å². The lowest BCUT2D eigenvalue weighted by Gasteiger charge is -2.01. The molecular weight excluding hydrogens is 254 g/mol. The molecule has 0 unspecified atom stereocenters. The van der Waals surface area contributed by atoms with E-state index in [0.717, 1.165) is 23.0 Å². The largest absolute Gasteiger partial charge is 0.399 e. The molecule has 6 nitrogen and oxygen atoms in total. The number of benzene rings is 1. The number of nitrogens with zero attached hydrogens (tertiary/aromatic N) is 1. The van der Waals surface area contributed by atoms with Crippen LogP contribution in [0.5, 0.6) is 0 Å². The molecule has 0 aliphatic carbocycles. The zero-order chi connectivity index (χ0) is 13.9. The number of fused-ring (bicyclic) bond motifs is 1. The van der Waals surface area contributed by atoms with Crippen LogP contribution < -0.4 is 11.1 Å². The lowest BCUT2D eigenvalue weighted by molar-refractivity contribution is 0.0950. The second-order valence-electron chi connectivity index (χ2n) is 4.61. The molecular formula is C14H15N5O. The maximum Gasteiger partial charge on any atom is 0.267 e. The first-order valence-corrected chi connectivity index (χ1v) is 6.36. The van der Waals surface area contributed by atoms with Gasteiger partial charge in [-0.1, -0.05) is 0 Å². The van der Waals surface area contributed by atoms with Crippen LogP contribution in [-0.2, 0) is 6.42 Å². The average molecular weight is 269 g/mol. The summed E-state index contributed by atoms with van der Waals surface area (Å²) in [4.78, 5) is 22.0. The van der Waals surface area contributed by atoms with Crippen molar-refractivity contribution in [1.29, 1.82) is 0 Å². The van der Waals surface area contributed by atoms with Gasteiger partial charge in [-0.3, -0.25) is 4.79 Å². The Morgan fingerprint density at radius 2 is 2.25 bits per heavy atom. The van der Waals surface area contributed by atoms with E-state index in [1.165, 1.54) is 0 Å². The fourth-order valence-electron chi connectivity index (χ4n) is 2.10. The zero-order valence-electron chi connectivity index (χ0n) is 10.8. The van der Waals surface area contributed by atoms with Crippen molar-refractivity contribution in [3.63, 3.8) is 0 Å². The summed E-state index contributed by atoms with van der Waals surface area (Å²) in [6, 6.07) is 7.31. The van der Waals surface area contributed by atoms with Gasteiger partial charge in [0.05, 0.1) is 6.33 Å². The summed E-state index contributed by atoms with van der Waals surface area (Å²) in [6.07, 6.45) is 4.09. The van der Waals surface area contributed by atoms with Gasteiger partial charge >= 0.3 is 0 Å². The summed E-state index contributed by atoms with van der Waals surface area (Å²) in [5.74, 6) is -0.126. The summed E-state index contributed by atoms with van der Waals surface area (Å²) >= 11 is 0. The van der Waals surface area contributed by atoms with Crippen LogP contribution in [0, 0.1) is 0 Å². The van der Waals surface area contributed by atoms with Crippen LogP contribution in [0.2, 0.25) is 0 Å². The van der Waals surface area contributed by atoms with E-state index in [-0.39, 0.29) is 5.91 Å².